The quantitative estimate of drug-likeness (QED) is 0.371. The molecule has 146 valence electrons. The van der Waals surface area contributed by atoms with Gasteiger partial charge in [0.25, 0.3) is 0 Å². The molecule has 0 spiro atoms. The molecule has 0 bridgehead atoms. The van der Waals surface area contributed by atoms with Crippen LogP contribution in [0.4, 0.5) is 0 Å². The Morgan fingerprint density at radius 2 is 1.73 bits per heavy atom. The highest BCUT2D eigenvalue weighted by atomic mass is 35.5. The lowest BCUT2D eigenvalue weighted by molar-refractivity contribution is 0.0699. The molecule has 2 aromatic heterocycles. The maximum absolute atomic E-state index is 11.9. The molecule has 0 aliphatic heterocycles. The van der Waals surface area contributed by atoms with Crippen molar-refractivity contribution in [2.24, 2.45) is 0 Å². The molecule has 0 saturated heterocycles. The fourth-order valence-corrected chi connectivity index (χ4v) is 3.75. The third kappa shape index (κ3) is 3.00. The van der Waals surface area contributed by atoms with E-state index in [9.17, 15) is 9.90 Å². The van der Waals surface area contributed by atoms with Crippen molar-refractivity contribution in [1.82, 2.24) is 10.1 Å². The van der Waals surface area contributed by atoms with Gasteiger partial charge >= 0.3 is 5.97 Å². The van der Waals surface area contributed by atoms with Crippen molar-refractivity contribution < 1.29 is 14.4 Å². The molecular formula is C24H15ClN2O3. The Morgan fingerprint density at radius 3 is 2.50 bits per heavy atom. The first kappa shape index (κ1) is 18.3. The number of carboxylic acids is 1. The van der Waals surface area contributed by atoms with Gasteiger partial charge in [0.1, 0.15) is 5.52 Å². The van der Waals surface area contributed by atoms with E-state index in [-0.39, 0.29) is 5.56 Å². The zero-order valence-electron chi connectivity index (χ0n) is 15.9. The molecule has 6 heteroatoms. The third-order valence-electron chi connectivity index (χ3n) is 5.15. The maximum atomic E-state index is 11.9. The second-order valence-electron chi connectivity index (χ2n) is 7.08. The Kier molecular flexibility index (Phi) is 4.26. The molecule has 0 radical (unpaired) electrons. The number of carboxylic acid groups (broad SMARTS) is 1. The van der Waals surface area contributed by atoms with Crippen LogP contribution in [0.1, 0.15) is 15.9 Å². The summed E-state index contributed by atoms with van der Waals surface area (Å²) in [5.74, 6) is -0.360. The van der Waals surface area contributed by atoms with E-state index in [4.69, 9.17) is 21.1 Å². The van der Waals surface area contributed by atoms with E-state index in [2.05, 4.69) is 5.16 Å². The molecule has 0 aliphatic carbocycles. The van der Waals surface area contributed by atoms with Gasteiger partial charge in [0.2, 0.25) is 0 Å². The van der Waals surface area contributed by atoms with Crippen molar-refractivity contribution in [3.63, 3.8) is 0 Å². The van der Waals surface area contributed by atoms with Crippen LogP contribution in [0.15, 0.2) is 71.3 Å². The van der Waals surface area contributed by atoms with Crippen LogP contribution in [0.25, 0.3) is 44.4 Å². The minimum Gasteiger partial charge on any atom is -0.478 e. The number of para-hydroxylation sites is 1. The van der Waals surface area contributed by atoms with Crippen molar-refractivity contribution in [3.05, 3.63) is 82.9 Å². The van der Waals surface area contributed by atoms with E-state index in [0.29, 0.717) is 32.9 Å². The summed E-state index contributed by atoms with van der Waals surface area (Å²) in [7, 11) is 0. The number of aromatic carboxylic acids is 1. The van der Waals surface area contributed by atoms with E-state index in [1.54, 1.807) is 24.3 Å². The first-order valence-electron chi connectivity index (χ1n) is 9.31. The fraction of sp³-hybridized carbons (Fsp3) is 0.0417. The molecule has 3 aromatic carbocycles. The van der Waals surface area contributed by atoms with Crippen LogP contribution >= 0.6 is 11.6 Å². The van der Waals surface area contributed by atoms with Crippen LogP contribution in [0.5, 0.6) is 0 Å². The topological polar surface area (TPSA) is 76.2 Å². The van der Waals surface area contributed by atoms with Gasteiger partial charge in [0.15, 0.2) is 5.76 Å². The number of benzene rings is 3. The van der Waals surface area contributed by atoms with Gasteiger partial charge in [-0.25, -0.2) is 9.78 Å². The molecule has 1 N–H and O–H groups in total. The molecule has 5 nitrogen and oxygen atoms in total. The molecule has 0 amide bonds. The van der Waals surface area contributed by atoms with Gasteiger partial charge in [-0.05, 0) is 55.0 Å². The predicted octanol–water partition coefficient (Wildman–Crippen LogP) is 6.37. The number of aromatic nitrogens is 2. The summed E-state index contributed by atoms with van der Waals surface area (Å²) in [4.78, 5) is 16.6. The van der Waals surface area contributed by atoms with Gasteiger partial charge in [-0.3, -0.25) is 0 Å². The van der Waals surface area contributed by atoms with Gasteiger partial charge in [0, 0.05) is 21.5 Å². The summed E-state index contributed by atoms with van der Waals surface area (Å²) < 4.78 is 5.58. The van der Waals surface area contributed by atoms with Crippen molar-refractivity contribution in [3.8, 4) is 22.6 Å². The summed E-state index contributed by atoms with van der Waals surface area (Å²) in [6, 6.07) is 20.1. The number of halogens is 1. The second kappa shape index (κ2) is 6.97. The normalized spacial score (nSPS) is 11.3. The van der Waals surface area contributed by atoms with Gasteiger partial charge in [-0.2, -0.15) is 0 Å². The first-order chi connectivity index (χ1) is 14.5. The average molecular weight is 415 g/mol. The average Bonchev–Trinajstić information content (AvgIpc) is 3.17. The number of hydrogen-bond donors (Lipinski definition) is 1. The molecule has 30 heavy (non-hydrogen) atoms. The summed E-state index contributed by atoms with van der Waals surface area (Å²) in [6.45, 7) is 1.92. The van der Waals surface area contributed by atoms with E-state index >= 15 is 0 Å². The summed E-state index contributed by atoms with van der Waals surface area (Å²) in [5, 5.41) is 16.0. The lowest BCUT2D eigenvalue weighted by atomic mass is 10.0. The molecular weight excluding hydrogens is 400 g/mol. The molecule has 0 saturated carbocycles. The highest BCUT2D eigenvalue weighted by Crippen LogP contribution is 2.33. The summed E-state index contributed by atoms with van der Waals surface area (Å²) in [5.41, 5.74) is 4.75. The minimum absolute atomic E-state index is 0.224. The Hall–Kier alpha value is -3.70. The van der Waals surface area contributed by atoms with Crippen LogP contribution in [0, 0.1) is 6.92 Å². The Labute approximate surface area is 176 Å². The first-order valence-corrected chi connectivity index (χ1v) is 9.68. The monoisotopic (exact) mass is 414 g/mol. The van der Waals surface area contributed by atoms with Crippen molar-refractivity contribution in [2.75, 3.05) is 0 Å². The Bertz CT molecular complexity index is 1440. The van der Waals surface area contributed by atoms with E-state index in [1.165, 1.54) is 0 Å². The second-order valence-corrected chi connectivity index (χ2v) is 7.52. The number of aryl methyl sites for hydroxylation is 1. The van der Waals surface area contributed by atoms with Crippen LogP contribution in [0.2, 0.25) is 5.02 Å². The fourth-order valence-electron chi connectivity index (χ4n) is 3.63. The number of rotatable bonds is 3. The lowest BCUT2D eigenvalue weighted by Crippen LogP contribution is -2.01. The van der Waals surface area contributed by atoms with Crippen molar-refractivity contribution >= 4 is 39.4 Å². The highest BCUT2D eigenvalue weighted by molar-refractivity contribution is 6.30. The molecule has 5 aromatic rings. The number of fused-ring (bicyclic) bond motifs is 2. The smallest absolute Gasteiger partial charge is 0.336 e. The van der Waals surface area contributed by atoms with E-state index in [1.807, 2.05) is 49.4 Å². The molecule has 0 fully saturated rings. The van der Waals surface area contributed by atoms with Crippen molar-refractivity contribution in [1.29, 1.82) is 0 Å². The number of pyridine rings is 1. The van der Waals surface area contributed by atoms with Gasteiger partial charge in [-0.1, -0.05) is 41.0 Å². The Balaban J connectivity index is 1.73. The van der Waals surface area contributed by atoms with Crippen LogP contribution in [0.3, 0.4) is 0 Å². The molecule has 2 heterocycles. The van der Waals surface area contributed by atoms with Crippen LogP contribution in [-0.2, 0) is 0 Å². The zero-order valence-corrected chi connectivity index (χ0v) is 16.6. The third-order valence-corrected chi connectivity index (χ3v) is 5.40. The van der Waals surface area contributed by atoms with E-state index in [0.717, 1.165) is 22.1 Å². The SMILES string of the molecule is Cc1cccc2c(C(=O)O)cc(-c3ccc4noc(-c5ccc(Cl)cc5)c4c3)nc12. The zero-order chi connectivity index (χ0) is 20.8. The summed E-state index contributed by atoms with van der Waals surface area (Å²) >= 11 is 5.99. The molecule has 0 aliphatic rings. The number of hydrogen-bond acceptors (Lipinski definition) is 4. The Morgan fingerprint density at radius 1 is 0.967 bits per heavy atom. The van der Waals surface area contributed by atoms with Crippen LogP contribution < -0.4 is 0 Å². The summed E-state index contributed by atoms with van der Waals surface area (Å²) in [6.07, 6.45) is 0. The van der Waals surface area contributed by atoms with Gasteiger partial charge in [-0.15, -0.1) is 0 Å². The molecule has 0 unspecified atom stereocenters. The standard InChI is InChI=1S/C24H15ClN2O3/c1-13-3-2-4-17-18(24(28)29)12-21(26-22(13)17)15-7-10-20-19(11-15)23(30-27-20)14-5-8-16(25)9-6-14/h2-12H,1H3,(H,28,29). The molecule has 5 rings (SSSR count). The lowest BCUT2D eigenvalue weighted by Gasteiger charge is -2.09. The van der Waals surface area contributed by atoms with E-state index < -0.39 is 5.97 Å². The van der Waals surface area contributed by atoms with Crippen molar-refractivity contribution in [2.45, 2.75) is 6.92 Å². The number of nitrogens with zero attached hydrogens (tertiary/aromatic N) is 2. The minimum atomic E-state index is -0.984. The maximum Gasteiger partial charge on any atom is 0.336 e. The highest BCUT2D eigenvalue weighted by Gasteiger charge is 2.16. The van der Waals surface area contributed by atoms with Gasteiger partial charge < -0.3 is 9.63 Å². The van der Waals surface area contributed by atoms with Crippen LogP contribution in [-0.4, -0.2) is 21.2 Å². The van der Waals surface area contributed by atoms with Gasteiger partial charge in [0.05, 0.1) is 22.2 Å². The molecule has 0 atom stereocenters. The predicted molar refractivity (Wildman–Crippen MR) is 117 cm³/mol. The largest absolute Gasteiger partial charge is 0.478 e. The number of carbonyl (C=O) groups is 1.